The standard InChI is InChI=1S/C9H19NO3S.Na/c1-8(2)5-7(14(11,12)13)6-9(3,4)10-8;/h7,10H,5-6H2,1-4H3,(H,11,12,13);/q;+1/p-1. The monoisotopic (exact) mass is 243 g/mol. The third kappa shape index (κ3) is 4.71. The van der Waals surface area contributed by atoms with Gasteiger partial charge in [-0.25, -0.2) is 8.42 Å². The molecule has 0 radical (unpaired) electrons. The Labute approximate surface area is 114 Å². The normalized spacial score (nSPS) is 25.7. The average Bonchev–Trinajstić information content (AvgIpc) is 1.76. The van der Waals surface area contributed by atoms with Crippen LogP contribution in [0.15, 0.2) is 0 Å². The van der Waals surface area contributed by atoms with E-state index >= 15 is 0 Å². The summed E-state index contributed by atoms with van der Waals surface area (Å²) in [5.74, 6) is 0. The molecule has 15 heavy (non-hydrogen) atoms. The molecular formula is C9H18NNaO3S. The minimum atomic E-state index is -4.16. The van der Waals surface area contributed by atoms with Crippen LogP contribution >= 0.6 is 0 Å². The van der Waals surface area contributed by atoms with Crippen molar-refractivity contribution in [3.8, 4) is 0 Å². The SMILES string of the molecule is CC1(C)CC(S(=O)(=O)[O-])CC(C)(C)N1.[Na+]. The zero-order valence-electron chi connectivity index (χ0n) is 10.1. The maximum Gasteiger partial charge on any atom is 1.00 e. The largest absolute Gasteiger partial charge is 1.00 e. The smallest absolute Gasteiger partial charge is 0.748 e. The molecule has 1 N–H and O–H groups in total. The molecule has 4 nitrogen and oxygen atoms in total. The summed E-state index contributed by atoms with van der Waals surface area (Å²) in [6.45, 7) is 7.69. The van der Waals surface area contributed by atoms with E-state index in [2.05, 4.69) is 5.32 Å². The topological polar surface area (TPSA) is 69.2 Å². The van der Waals surface area contributed by atoms with Crippen molar-refractivity contribution in [2.45, 2.75) is 56.9 Å². The molecular weight excluding hydrogens is 225 g/mol. The Bertz CT molecular complexity index is 308. The van der Waals surface area contributed by atoms with Gasteiger partial charge in [0.25, 0.3) is 0 Å². The molecule has 84 valence electrons. The molecule has 1 aliphatic rings. The number of nitrogens with one attached hydrogen (secondary N) is 1. The fraction of sp³-hybridized carbons (Fsp3) is 1.00. The molecule has 0 saturated carbocycles. The summed E-state index contributed by atoms with van der Waals surface area (Å²) in [5, 5.41) is 2.57. The van der Waals surface area contributed by atoms with Crippen molar-refractivity contribution in [1.82, 2.24) is 5.32 Å². The third-order valence-corrected chi connectivity index (χ3v) is 3.71. The van der Waals surface area contributed by atoms with Gasteiger partial charge in [-0.15, -0.1) is 0 Å². The molecule has 1 fully saturated rings. The van der Waals surface area contributed by atoms with Crippen molar-refractivity contribution < 1.29 is 42.5 Å². The van der Waals surface area contributed by atoms with E-state index in [9.17, 15) is 13.0 Å². The first-order valence-corrected chi connectivity index (χ1v) is 6.23. The van der Waals surface area contributed by atoms with Gasteiger partial charge in [0.2, 0.25) is 0 Å². The molecule has 0 unspecified atom stereocenters. The third-order valence-electron chi connectivity index (χ3n) is 2.56. The molecule has 1 rings (SSSR count). The molecule has 0 bridgehead atoms. The van der Waals surface area contributed by atoms with Gasteiger partial charge in [0.05, 0.1) is 15.4 Å². The van der Waals surface area contributed by atoms with Gasteiger partial charge in [0, 0.05) is 11.1 Å². The van der Waals surface area contributed by atoms with Gasteiger partial charge in [0.1, 0.15) is 0 Å². The van der Waals surface area contributed by atoms with E-state index in [1.807, 2.05) is 27.7 Å². The molecule has 0 aromatic carbocycles. The zero-order valence-corrected chi connectivity index (χ0v) is 12.9. The number of hydrogen-bond donors (Lipinski definition) is 1. The second-order valence-electron chi connectivity index (χ2n) is 5.42. The van der Waals surface area contributed by atoms with E-state index < -0.39 is 15.4 Å². The molecule has 1 heterocycles. The van der Waals surface area contributed by atoms with Crippen LogP contribution in [0.25, 0.3) is 0 Å². The Morgan fingerprint density at radius 1 is 1.13 bits per heavy atom. The van der Waals surface area contributed by atoms with Crippen molar-refractivity contribution in [3.63, 3.8) is 0 Å². The number of piperidine rings is 1. The van der Waals surface area contributed by atoms with E-state index in [1.165, 1.54) is 0 Å². The summed E-state index contributed by atoms with van der Waals surface area (Å²) in [4.78, 5) is 0. The Hall–Kier alpha value is 0.870. The molecule has 0 aliphatic carbocycles. The summed E-state index contributed by atoms with van der Waals surface area (Å²) in [5.41, 5.74) is -0.576. The summed E-state index contributed by atoms with van der Waals surface area (Å²) in [6.07, 6.45) is 0.782. The quantitative estimate of drug-likeness (QED) is 0.421. The average molecular weight is 243 g/mol. The number of hydrogen-bond acceptors (Lipinski definition) is 4. The Kier molecular flexibility index (Phi) is 4.89. The summed E-state index contributed by atoms with van der Waals surface area (Å²) in [6, 6.07) is 0. The van der Waals surface area contributed by atoms with Gasteiger partial charge in [0.15, 0.2) is 0 Å². The van der Waals surface area contributed by atoms with Crippen molar-refractivity contribution in [2.75, 3.05) is 0 Å². The Morgan fingerprint density at radius 2 is 1.47 bits per heavy atom. The fourth-order valence-electron chi connectivity index (χ4n) is 2.43. The van der Waals surface area contributed by atoms with E-state index in [-0.39, 0.29) is 40.6 Å². The maximum atomic E-state index is 11.0. The molecule has 0 atom stereocenters. The fourth-order valence-corrected chi connectivity index (χ4v) is 3.67. The van der Waals surface area contributed by atoms with Crippen LogP contribution in [0.5, 0.6) is 0 Å². The predicted molar refractivity (Wildman–Crippen MR) is 54.0 cm³/mol. The van der Waals surface area contributed by atoms with Crippen molar-refractivity contribution in [1.29, 1.82) is 0 Å². The van der Waals surface area contributed by atoms with Crippen LogP contribution in [0.2, 0.25) is 0 Å². The molecule has 0 amide bonds. The Morgan fingerprint density at radius 3 is 1.73 bits per heavy atom. The molecule has 0 aromatic heterocycles. The summed E-state index contributed by atoms with van der Waals surface area (Å²) in [7, 11) is -4.16. The second-order valence-corrected chi connectivity index (χ2v) is 7.07. The van der Waals surface area contributed by atoms with Crippen LogP contribution < -0.4 is 34.9 Å². The van der Waals surface area contributed by atoms with Gasteiger partial charge in [-0.2, -0.15) is 0 Å². The van der Waals surface area contributed by atoms with Crippen LogP contribution in [-0.4, -0.2) is 29.3 Å². The first-order valence-electron chi connectivity index (χ1n) is 4.76. The van der Waals surface area contributed by atoms with Gasteiger partial charge < -0.3 is 9.87 Å². The molecule has 0 aromatic rings. The maximum absolute atomic E-state index is 11.0. The van der Waals surface area contributed by atoms with E-state index in [0.29, 0.717) is 12.8 Å². The molecule has 6 heteroatoms. The summed E-state index contributed by atoms with van der Waals surface area (Å²) >= 11 is 0. The minimum absolute atomic E-state index is 0. The van der Waals surface area contributed by atoms with Crippen LogP contribution in [0, 0.1) is 0 Å². The first-order chi connectivity index (χ1) is 6.02. The molecule has 0 spiro atoms. The number of rotatable bonds is 1. The van der Waals surface area contributed by atoms with E-state index in [4.69, 9.17) is 0 Å². The van der Waals surface area contributed by atoms with Crippen LogP contribution in [0.4, 0.5) is 0 Å². The van der Waals surface area contributed by atoms with Crippen molar-refractivity contribution >= 4 is 10.1 Å². The van der Waals surface area contributed by atoms with Crippen LogP contribution in [0.3, 0.4) is 0 Å². The van der Waals surface area contributed by atoms with Gasteiger partial charge in [-0.3, -0.25) is 0 Å². The second kappa shape index (κ2) is 4.63. The summed E-state index contributed by atoms with van der Waals surface area (Å²) < 4.78 is 32.9. The zero-order chi connectivity index (χ0) is 11.2. The van der Waals surface area contributed by atoms with Crippen LogP contribution in [-0.2, 0) is 10.1 Å². The molecule has 1 saturated heterocycles. The van der Waals surface area contributed by atoms with E-state index in [0.717, 1.165) is 0 Å². The van der Waals surface area contributed by atoms with Gasteiger partial charge in [-0.05, 0) is 40.5 Å². The predicted octanol–water partition coefficient (Wildman–Crippen LogP) is -2.16. The van der Waals surface area contributed by atoms with E-state index in [1.54, 1.807) is 0 Å². The minimum Gasteiger partial charge on any atom is -0.748 e. The van der Waals surface area contributed by atoms with Crippen LogP contribution in [0.1, 0.15) is 40.5 Å². The van der Waals surface area contributed by atoms with Crippen molar-refractivity contribution in [2.24, 2.45) is 0 Å². The Balaban J connectivity index is 0.00000196. The van der Waals surface area contributed by atoms with Gasteiger partial charge in [-0.1, -0.05) is 0 Å². The first kappa shape index (κ1) is 15.9. The van der Waals surface area contributed by atoms with Crippen molar-refractivity contribution in [3.05, 3.63) is 0 Å². The molecule has 1 aliphatic heterocycles. The van der Waals surface area contributed by atoms with Gasteiger partial charge >= 0.3 is 29.6 Å².